The summed E-state index contributed by atoms with van der Waals surface area (Å²) in [5.41, 5.74) is 3.10. The topological polar surface area (TPSA) is 58.1 Å². The Morgan fingerprint density at radius 1 is 1.00 bits per heavy atom. The van der Waals surface area contributed by atoms with E-state index in [1.807, 2.05) is 36.4 Å². The van der Waals surface area contributed by atoms with Crippen molar-refractivity contribution in [1.82, 2.24) is 10.2 Å². The Kier molecular flexibility index (Phi) is 5.28. The molecule has 1 amide bonds. The van der Waals surface area contributed by atoms with E-state index in [2.05, 4.69) is 20.4 Å². The van der Waals surface area contributed by atoms with Gasteiger partial charge < -0.3 is 10.2 Å². The molecule has 1 aliphatic rings. The molecule has 0 unspecified atom stereocenters. The second-order valence-electron chi connectivity index (χ2n) is 6.90. The van der Waals surface area contributed by atoms with Crippen molar-refractivity contribution in [3.63, 3.8) is 0 Å². The number of hydrogen-bond donors (Lipinski definition) is 1. The van der Waals surface area contributed by atoms with Gasteiger partial charge in [0.1, 0.15) is 5.82 Å². The molecule has 1 saturated heterocycles. The van der Waals surface area contributed by atoms with Gasteiger partial charge in [0.25, 0.3) is 0 Å². The van der Waals surface area contributed by atoms with Crippen LogP contribution in [-0.2, 0) is 11.2 Å². The number of halogens is 1. The Labute approximate surface area is 163 Å². The highest BCUT2D eigenvalue weighted by atomic mass is 19.1. The molecule has 1 fully saturated rings. The van der Waals surface area contributed by atoms with Crippen LogP contribution < -0.4 is 10.2 Å². The zero-order chi connectivity index (χ0) is 19.3. The van der Waals surface area contributed by atoms with E-state index in [1.165, 1.54) is 25.0 Å². The Bertz CT molecular complexity index is 951. The summed E-state index contributed by atoms with van der Waals surface area (Å²) in [5.74, 6) is 0.443. The van der Waals surface area contributed by atoms with Crippen LogP contribution in [0.15, 0.2) is 60.7 Å². The molecule has 2 aromatic carbocycles. The van der Waals surface area contributed by atoms with Crippen LogP contribution in [0.25, 0.3) is 11.3 Å². The van der Waals surface area contributed by atoms with Crippen LogP contribution in [0.2, 0.25) is 0 Å². The average molecular weight is 376 g/mol. The summed E-state index contributed by atoms with van der Waals surface area (Å²) in [6, 6.07) is 17.4. The Hall–Kier alpha value is -3.28. The summed E-state index contributed by atoms with van der Waals surface area (Å²) in [6.45, 7) is 2.06. The normalized spacial score (nSPS) is 13.5. The predicted molar refractivity (Wildman–Crippen MR) is 108 cm³/mol. The molecule has 1 aromatic heterocycles. The first-order valence-electron chi connectivity index (χ1n) is 9.41. The summed E-state index contributed by atoms with van der Waals surface area (Å²) in [7, 11) is 0. The smallest absolute Gasteiger partial charge is 0.228 e. The van der Waals surface area contributed by atoms with Crippen molar-refractivity contribution < 1.29 is 9.18 Å². The van der Waals surface area contributed by atoms with E-state index in [1.54, 1.807) is 12.1 Å². The number of carbonyl (C=O) groups is 1. The number of nitrogens with one attached hydrogen (secondary N) is 1. The highest BCUT2D eigenvalue weighted by Gasteiger charge is 2.14. The van der Waals surface area contributed by atoms with E-state index in [9.17, 15) is 9.18 Å². The first-order chi connectivity index (χ1) is 13.7. The van der Waals surface area contributed by atoms with Crippen molar-refractivity contribution in [1.29, 1.82) is 0 Å². The maximum Gasteiger partial charge on any atom is 0.228 e. The minimum Gasteiger partial charge on any atom is -0.355 e. The summed E-state index contributed by atoms with van der Waals surface area (Å²) < 4.78 is 13.0. The molecule has 1 aliphatic heterocycles. The summed E-state index contributed by atoms with van der Waals surface area (Å²) >= 11 is 0. The maximum atomic E-state index is 13.0. The molecule has 6 heteroatoms. The van der Waals surface area contributed by atoms with Gasteiger partial charge in [0.05, 0.1) is 12.1 Å². The molecule has 28 heavy (non-hydrogen) atoms. The van der Waals surface area contributed by atoms with E-state index >= 15 is 0 Å². The number of benzene rings is 2. The minimum absolute atomic E-state index is 0.153. The SMILES string of the molecule is O=C(Cc1ccc(F)cc1)Nc1cccc(-c2ccc(N3CCCC3)nn2)c1. The summed E-state index contributed by atoms with van der Waals surface area (Å²) in [5, 5.41) is 11.6. The third-order valence-corrected chi connectivity index (χ3v) is 4.80. The van der Waals surface area contributed by atoms with E-state index < -0.39 is 0 Å². The first-order valence-corrected chi connectivity index (χ1v) is 9.41. The highest BCUT2D eigenvalue weighted by Crippen LogP contribution is 2.23. The number of amides is 1. The number of hydrogen-bond acceptors (Lipinski definition) is 4. The van der Waals surface area contributed by atoms with Crippen LogP contribution >= 0.6 is 0 Å². The number of anilines is 2. The zero-order valence-corrected chi connectivity index (χ0v) is 15.4. The minimum atomic E-state index is -0.311. The van der Waals surface area contributed by atoms with Crippen molar-refractivity contribution >= 4 is 17.4 Å². The van der Waals surface area contributed by atoms with Crippen molar-refractivity contribution in [3.8, 4) is 11.3 Å². The van der Waals surface area contributed by atoms with Crippen molar-refractivity contribution in [2.24, 2.45) is 0 Å². The van der Waals surface area contributed by atoms with Gasteiger partial charge in [0.2, 0.25) is 5.91 Å². The fourth-order valence-corrected chi connectivity index (χ4v) is 3.34. The van der Waals surface area contributed by atoms with E-state index in [0.29, 0.717) is 5.69 Å². The summed E-state index contributed by atoms with van der Waals surface area (Å²) in [6.07, 6.45) is 2.58. The third kappa shape index (κ3) is 4.34. The van der Waals surface area contributed by atoms with Crippen LogP contribution in [0.5, 0.6) is 0 Å². The second kappa shape index (κ2) is 8.17. The average Bonchev–Trinajstić information content (AvgIpc) is 3.25. The molecule has 1 N–H and O–H groups in total. The molecule has 3 aromatic rings. The van der Waals surface area contributed by atoms with E-state index in [-0.39, 0.29) is 18.1 Å². The van der Waals surface area contributed by atoms with Gasteiger partial charge in [-0.3, -0.25) is 4.79 Å². The lowest BCUT2D eigenvalue weighted by Crippen LogP contribution is -2.19. The van der Waals surface area contributed by atoms with Crippen LogP contribution in [0, 0.1) is 5.82 Å². The van der Waals surface area contributed by atoms with Crippen LogP contribution in [-0.4, -0.2) is 29.2 Å². The fraction of sp³-hybridized carbons (Fsp3) is 0.227. The summed E-state index contributed by atoms with van der Waals surface area (Å²) in [4.78, 5) is 14.5. The molecule has 4 rings (SSSR count). The van der Waals surface area contributed by atoms with Gasteiger partial charge in [-0.2, -0.15) is 0 Å². The first kappa shape index (κ1) is 18.1. The molecule has 0 bridgehead atoms. The third-order valence-electron chi connectivity index (χ3n) is 4.80. The molecule has 0 atom stereocenters. The van der Waals surface area contributed by atoms with Crippen molar-refractivity contribution in [2.45, 2.75) is 19.3 Å². The largest absolute Gasteiger partial charge is 0.355 e. The molecule has 2 heterocycles. The molecule has 0 saturated carbocycles. The quantitative estimate of drug-likeness (QED) is 0.729. The predicted octanol–water partition coefficient (Wildman–Crippen LogP) is 4.06. The molecule has 0 spiro atoms. The number of carbonyl (C=O) groups excluding carboxylic acids is 1. The van der Waals surface area contributed by atoms with Crippen LogP contribution in [0.1, 0.15) is 18.4 Å². The Morgan fingerprint density at radius 2 is 1.79 bits per heavy atom. The second-order valence-corrected chi connectivity index (χ2v) is 6.90. The lowest BCUT2D eigenvalue weighted by atomic mass is 10.1. The monoisotopic (exact) mass is 376 g/mol. The lowest BCUT2D eigenvalue weighted by molar-refractivity contribution is -0.115. The molecule has 5 nitrogen and oxygen atoms in total. The fourth-order valence-electron chi connectivity index (χ4n) is 3.34. The molecular weight excluding hydrogens is 355 g/mol. The molecule has 142 valence electrons. The number of aromatic nitrogens is 2. The van der Waals surface area contributed by atoms with Crippen LogP contribution in [0.4, 0.5) is 15.9 Å². The molecular formula is C22H21FN4O. The zero-order valence-electron chi connectivity index (χ0n) is 15.4. The Morgan fingerprint density at radius 3 is 2.50 bits per heavy atom. The Balaban J connectivity index is 1.43. The standard InChI is InChI=1S/C22H21FN4O/c23-18-8-6-16(7-9-18)14-22(28)24-19-5-3-4-17(15-19)20-10-11-21(26-25-20)27-12-1-2-13-27/h3-11,15H,1-2,12-14H2,(H,24,28). The van der Waals surface area contributed by atoms with Crippen LogP contribution in [0.3, 0.4) is 0 Å². The highest BCUT2D eigenvalue weighted by molar-refractivity contribution is 5.92. The van der Waals surface area contributed by atoms with E-state index in [0.717, 1.165) is 35.7 Å². The maximum absolute atomic E-state index is 13.0. The van der Waals surface area contributed by atoms with Gasteiger partial charge in [0.15, 0.2) is 5.82 Å². The van der Waals surface area contributed by atoms with Gasteiger partial charge in [-0.05, 0) is 54.8 Å². The van der Waals surface area contributed by atoms with E-state index in [4.69, 9.17) is 0 Å². The van der Waals surface area contributed by atoms with Crippen molar-refractivity contribution in [2.75, 3.05) is 23.3 Å². The van der Waals surface area contributed by atoms with Gasteiger partial charge in [-0.15, -0.1) is 10.2 Å². The lowest BCUT2D eigenvalue weighted by Gasteiger charge is -2.15. The number of nitrogens with zero attached hydrogens (tertiary/aromatic N) is 3. The van der Waals surface area contributed by atoms with Gasteiger partial charge in [-0.25, -0.2) is 4.39 Å². The number of rotatable bonds is 5. The molecule has 0 radical (unpaired) electrons. The van der Waals surface area contributed by atoms with Gasteiger partial charge in [0, 0.05) is 24.3 Å². The molecule has 0 aliphatic carbocycles. The van der Waals surface area contributed by atoms with Crippen molar-refractivity contribution in [3.05, 3.63) is 72.0 Å². The van der Waals surface area contributed by atoms with Gasteiger partial charge >= 0.3 is 0 Å². The van der Waals surface area contributed by atoms with Gasteiger partial charge in [-0.1, -0.05) is 24.3 Å².